The van der Waals surface area contributed by atoms with Gasteiger partial charge in [0.25, 0.3) is 0 Å². The Morgan fingerprint density at radius 2 is 1.73 bits per heavy atom. The van der Waals surface area contributed by atoms with Gasteiger partial charge in [0.15, 0.2) is 0 Å². The predicted molar refractivity (Wildman–Crippen MR) is 111 cm³/mol. The van der Waals surface area contributed by atoms with Crippen molar-refractivity contribution in [2.24, 2.45) is 0 Å². The molecule has 8 heteroatoms. The first-order valence-electron chi connectivity index (χ1n) is 9.76. The highest BCUT2D eigenvalue weighted by molar-refractivity contribution is 6.02. The Morgan fingerprint density at radius 1 is 1.00 bits per heavy atom. The maximum atomic E-state index is 14.0. The van der Waals surface area contributed by atoms with Gasteiger partial charge < -0.3 is 14.2 Å². The number of aromatic nitrogens is 2. The molecule has 152 valence electrons. The van der Waals surface area contributed by atoms with Gasteiger partial charge in [0, 0.05) is 31.6 Å². The normalized spacial score (nSPS) is 14.6. The number of fused-ring (bicyclic) bond motifs is 3. The first-order chi connectivity index (χ1) is 14.6. The van der Waals surface area contributed by atoms with E-state index in [1.54, 1.807) is 39.9 Å². The van der Waals surface area contributed by atoms with Crippen LogP contribution in [0.4, 0.5) is 10.1 Å². The Morgan fingerprint density at radius 3 is 2.53 bits per heavy atom. The molecule has 0 spiro atoms. The van der Waals surface area contributed by atoms with Crippen LogP contribution in [-0.4, -0.2) is 46.8 Å². The highest BCUT2D eigenvalue weighted by Crippen LogP contribution is 2.23. The minimum absolute atomic E-state index is 0.0245. The van der Waals surface area contributed by atoms with Crippen LogP contribution in [-0.2, 0) is 11.3 Å². The lowest BCUT2D eigenvalue weighted by atomic mass is 10.2. The monoisotopic (exact) mass is 406 g/mol. The van der Waals surface area contributed by atoms with Gasteiger partial charge in [-0.2, -0.15) is 5.10 Å². The molecule has 7 nitrogen and oxygen atoms in total. The van der Waals surface area contributed by atoms with Crippen LogP contribution in [0.5, 0.6) is 0 Å². The van der Waals surface area contributed by atoms with Crippen molar-refractivity contribution in [1.82, 2.24) is 14.7 Å². The molecule has 2 aromatic carbocycles. The van der Waals surface area contributed by atoms with Gasteiger partial charge in [-0.25, -0.2) is 9.18 Å². The van der Waals surface area contributed by atoms with Gasteiger partial charge in [0.05, 0.1) is 17.4 Å². The summed E-state index contributed by atoms with van der Waals surface area (Å²) >= 11 is 0. The summed E-state index contributed by atoms with van der Waals surface area (Å²) < 4.78 is 20.9. The van der Waals surface area contributed by atoms with Gasteiger partial charge in [0.1, 0.15) is 23.3 Å². The number of hydrogen-bond acceptors (Lipinski definition) is 5. The molecule has 0 radical (unpaired) electrons. The molecule has 0 atom stereocenters. The van der Waals surface area contributed by atoms with Crippen molar-refractivity contribution in [3.05, 3.63) is 71.0 Å². The van der Waals surface area contributed by atoms with Crippen molar-refractivity contribution in [1.29, 1.82) is 0 Å². The first kappa shape index (κ1) is 18.4. The van der Waals surface area contributed by atoms with Crippen molar-refractivity contribution in [2.75, 3.05) is 31.1 Å². The van der Waals surface area contributed by atoms with Crippen molar-refractivity contribution in [3.63, 3.8) is 0 Å². The number of hydrogen-bond donors (Lipinski definition) is 0. The molecular weight excluding hydrogens is 387 g/mol. The predicted octanol–water partition coefficient (Wildman–Crippen LogP) is 2.63. The van der Waals surface area contributed by atoms with E-state index < -0.39 is 5.63 Å². The second-order valence-corrected chi connectivity index (χ2v) is 7.27. The number of benzene rings is 2. The van der Waals surface area contributed by atoms with Crippen LogP contribution in [0, 0.1) is 5.82 Å². The average Bonchev–Trinajstić information content (AvgIpc) is 3.19. The zero-order valence-corrected chi connectivity index (χ0v) is 16.1. The van der Waals surface area contributed by atoms with E-state index >= 15 is 0 Å². The van der Waals surface area contributed by atoms with Crippen molar-refractivity contribution in [2.45, 2.75) is 6.54 Å². The molecule has 3 heterocycles. The standard InChI is InChI=1S/C22H19FN4O3/c23-17-6-2-3-7-18(17)25-9-11-26(12-10-25)20(28)14-27-21-15-5-1-4-8-19(15)30-22(29)16(21)13-24-27/h1-8,13H,9-12,14H2. The van der Waals surface area contributed by atoms with E-state index in [9.17, 15) is 14.0 Å². The van der Waals surface area contributed by atoms with Crippen LogP contribution < -0.4 is 10.5 Å². The summed E-state index contributed by atoms with van der Waals surface area (Å²) in [6.45, 7) is 2.12. The molecule has 1 aliphatic rings. The number of nitrogens with zero attached hydrogens (tertiary/aromatic N) is 4. The Bertz CT molecular complexity index is 1300. The minimum atomic E-state index is -0.471. The molecule has 1 saturated heterocycles. The summed E-state index contributed by atoms with van der Waals surface area (Å²) in [5.74, 6) is -0.350. The Labute approximate surface area is 170 Å². The second-order valence-electron chi connectivity index (χ2n) is 7.27. The fourth-order valence-electron chi connectivity index (χ4n) is 3.98. The third-order valence-corrected chi connectivity index (χ3v) is 5.51. The molecule has 0 saturated carbocycles. The first-order valence-corrected chi connectivity index (χ1v) is 9.76. The number of carbonyl (C=O) groups excluding carboxylic acids is 1. The smallest absolute Gasteiger partial charge is 0.347 e. The van der Waals surface area contributed by atoms with Crippen molar-refractivity contribution >= 4 is 33.5 Å². The third kappa shape index (κ3) is 3.10. The number of carbonyl (C=O) groups is 1. The third-order valence-electron chi connectivity index (χ3n) is 5.51. The van der Waals surface area contributed by atoms with Gasteiger partial charge in [-0.1, -0.05) is 24.3 Å². The quantitative estimate of drug-likeness (QED) is 0.489. The van der Waals surface area contributed by atoms with E-state index in [0.717, 1.165) is 5.39 Å². The van der Waals surface area contributed by atoms with Crippen LogP contribution in [0.3, 0.4) is 0 Å². The lowest BCUT2D eigenvalue weighted by molar-refractivity contribution is -0.132. The van der Waals surface area contributed by atoms with Gasteiger partial charge >= 0.3 is 5.63 Å². The summed E-state index contributed by atoms with van der Waals surface area (Å²) in [6, 6.07) is 13.9. The SMILES string of the molecule is O=C(Cn1ncc2c(=O)oc3ccccc3c21)N1CCN(c2ccccc2F)CC1. The zero-order chi connectivity index (χ0) is 20.7. The number of anilines is 1. The van der Waals surface area contributed by atoms with Gasteiger partial charge in [-0.05, 0) is 24.3 Å². The average molecular weight is 406 g/mol. The maximum absolute atomic E-state index is 14.0. The summed E-state index contributed by atoms with van der Waals surface area (Å²) in [7, 11) is 0. The van der Waals surface area contributed by atoms with Crippen molar-refractivity contribution < 1.29 is 13.6 Å². The molecule has 0 unspecified atom stereocenters. The van der Waals surface area contributed by atoms with E-state index in [1.165, 1.54) is 12.3 Å². The molecule has 0 N–H and O–H groups in total. The summed E-state index contributed by atoms with van der Waals surface area (Å²) in [5, 5.41) is 5.35. The van der Waals surface area contributed by atoms with E-state index in [0.29, 0.717) is 48.4 Å². The number of amides is 1. The highest BCUT2D eigenvalue weighted by atomic mass is 19.1. The second kappa shape index (κ2) is 7.29. The summed E-state index contributed by atoms with van der Waals surface area (Å²) in [6.07, 6.45) is 1.44. The minimum Gasteiger partial charge on any atom is -0.422 e. The van der Waals surface area contributed by atoms with Crippen LogP contribution in [0.1, 0.15) is 0 Å². The van der Waals surface area contributed by atoms with Crippen LogP contribution in [0.25, 0.3) is 21.9 Å². The Kier molecular flexibility index (Phi) is 4.46. The van der Waals surface area contributed by atoms with E-state index in [-0.39, 0.29) is 18.3 Å². The number of rotatable bonds is 3. The molecule has 1 fully saturated rings. The van der Waals surface area contributed by atoms with Crippen LogP contribution in [0.2, 0.25) is 0 Å². The van der Waals surface area contributed by atoms with Gasteiger partial charge in [-0.3, -0.25) is 9.48 Å². The lowest BCUT2D eigenvalue weighted by Gasteiger charge is -2.36. The Hall–Kier alpha value is -3.68. The van der Waals surface area contributed by atoms with Crippen LogP contribution in [0.15, 0.2) is 63.9 Å². The van der Waals surface area contributed by atoms with Gasteiger partial charge in [-0.15, -0.1) is 0 Å². The molecule has 0 bridgehead atoms. The Balaban J connectivity index is 1.36. The molecule has 30 heavy (non-hydrogen) atoms. The molecular formula is C22H19FN4O3. The topological polar surface area (TPSA) is 71.6 Å². The molecule has 1 aliphatic heterocycles. The molecule has 4 aromatic rings. The van der Waals surface area contributed by atoms with E-state index in [4.69, 9.17) is 4.42 Å². The largest absolute Gasteiger partial charge is 0.422 e. The van der Waals surface area contributed by atoms with E-state index in [1.807, 2.05) is 17.0 Å². The molecule has 2 aromatic heterocycles. The fraction of sp³-hybridized carbons (Fsp3) is 0.227. The fourth-order valence-corrected chi connectivity index (χ4v) is 3.98. The molecule has 5 rings (SSSR count). The maximum Gasteiger partial charge on any atom is 0.347 e. The molecule has 1 amide bonds. The van der Waals surface area contributed by atoms with Crippen molar-refractivity contribution in [3.8, 4) is 0 Å². The van der Waals surface area contributed by atoms with E-state index in [2.05, 4.69) is 5.10 Å². The highest BCUT2D eigenvalue weighted by Gasteiger charge is 2.24. The van der Waals surface area contributed by atoms with Gasteiger partial charge in [0.2, 0.25) is 5.91 Å². The number of piperazine rings is 1. The number of halogens is 1. The number of para-hydroxylation sites is 2. The van der Waals surface area contributed by atoms with Crippen LogP contribution >= 0.6 is 0 Å². The lowest BCUT2D eigenvalue weighted by Crippen LogP contribution is -2.49. The molecule has 0 aliphatic carbocycles. The zero-order valence-electron chi connectivity index (χ0n) is 16.1. The summed E-state index contributed by atoms with van der Waals surface area (Å²) in [5.41, 5.74) is 1.14. The summed E-state index contributed by atoms with van der Waals surface area (Å²) in [4.78, 5) is 28.8.